The van der Waals surface area contributed by atoms with E-state index in [0.29, 0.717) is 19.4 Å². The third-order valence-electron chi connectivity index (χ3n) is 5.36. The van der Waals surface area contributed by atoms with E-state index in [0.717, 1.165) is 6.08 Å². The van der Waals surface area contributed by atoms with Gasteiger partial charge in [-0.25, -0.2) is 9.78 Å². The van der Waals surface area contributed by atoms with Gasteiger partial charge in [-0.3, -0.25) is 4.79 Å². The van der Waals surface area contributed by atoms with Crippen molar-refractivity contribution in [1.29, 1.82) is 0 Å². The average Bonchev–Trinajstić information content (AvgIpc) is 2.84. The van der Waals surface area contributed by atoms with Crippen molar-refractivity contribution in [3.8, 4) is 11.5 Å². The summed E-state index contributed by atoms with van der Waals surface area (Å²) in [5.74, 6) is -1.77. The number of nitrogens with one attached hydrogen (secondary N) is 1. The summed E-state index contributed by atoms with van der Waals surface area (Å²) in [6, 6.07) is 0.325. The lowest BCUT2D eigenvalue weighted by Crippen LogP contribution is -2.45. The molecule has 1 aliphatic rings. The van der Waals surface area contributed by atoms with E-state index in [1.54, 1.807) is 6.92 Å². The van der Waals surface area contributed by atoms with Gasteiger partial charge in [-0.15, -0.1) is 0 Å². The number of amides is 1. The predicted molar refractivity (Wildman–Crippen MR) is 123 cm³/mol. The number of aromatic nitrogens is 1. The zero-order valence-corrected chi connectivity index (χ0v) is 20.7. The highest BCUT2D eigenvalue weighted by Gasteiger charge is 2.36. The summed E-state index contributed by atoms with van der Waals surface area (Å²) in [4.78, 5) is 29.5. The minimum absolute atomic E-state index is 0.0468. The highest BCUT2D eigenvalue weighted by atomic mass is 19.4. The zero-order chi connectivity index (χ0) is 26.9. The Morgan fingerprint density at radius 1 is 1.33 bits per heavy atom. The Hall–Kier alpha value is -2.86. The molecule has 4 atom stereocenters. The topological polar surface area (TPSA) is 116 Å². The number of carbonyl (C=O) groups is 2. The van der Waals surface area contributed by atoms with Crippen LogP contribution in [0.5, 0.6) is 11.5 Å². The van der Waals surface area contributed by atoms with Crippen LogP contribution >= 0.6 is 0 Å². The number of rotatable bonds is 9. The smallest absolute Gasteiger partial charge is 0.409 e. The molecule has 12 heteroatoms. The molecule has 36 heavy (non-hydrogen) atoms. The fourth-order valence-electron chi connectivity index (χ4n) is 3.65. The van der Waals surface area contributed by atoms with Crippen molar-refractivity contribution in [2.75, 3.05) is 20.3 Å². The summed E-state index contributed by atoms with van der Waals surface area (Å²) in [5, 5.41) is 12.7. The molecule has 0 aliphatic carbocycles. The summed E-state index contributed by atoms with van der Waals surface area (Å²) in [7, 11) is 1.32. The van der Waals surface area contributed by atoms with Crippen LogP contribution in [0.25, 0.3) is 0 Å². The first-order chi connectivity index (χ1) is 16.9. The summed E-state index contributed by atoms with van der Waals surface area (Å²) in [5.41, 5.74) is -0.314. The van der Waals surface area contributed by atoms with Crippen molar-refractivity contribution in [2.45, 2.75) is 70.6 Å². The van der Waals surface area contributed by atoms with Gasteiger partial charge < -0.3 is 29.4 Å². The fraction of sp³-hybridized carbons (Fsp3) is 0.625. The zero-order valence-electron chi connectivity index (χ0n) is 20.7. The third-order valence-corrected chi connectivity index (χ3v) is 5.36. The van der Waals surface area contributed by atoms with Crippen LogP contribution < -0.4 is 10.1 Å². The lowest BCUT2D eigenvalue weighted by atomic mass is 10.0. The summed E-state index contributed by atoms with van der Waals surface area (Å²) >= 11 is 0. The number of carbonyl (C=O) groups excluding carboxylic acids is 2. The molecule has 1 aromatic rings. The molecule has 1 amide bonds. The Balaban J connectivity index is 2.17. The maximum absolute atomic E-state index is 12.9. The second kappa shape index (κ2) is 13.4. The Labute approximate surface area is 208 Å². The third kappa shape index (κ3) is 8.98. The number of cyclic esters (lactones) is 1. The van der Waals surface area contributed by atoms with Crippen LogP contribution in [0.4, 0.5) is 13.2 Å². The van der Waals surface area contributed by atoms with Crippen molar-refractivity contribution in [2.24, 2.45) is 5.92 Å². The van der Waals surface area contributed by atoms with E-state index >= 15 is 0 Å². The van der Waals surface area contributed by atoms with Gasteiger partial charge in [-0.2, -0.15) is 13.2 Å². The summed E-state index contributed by atoms with van der Waals surface area (Å²) < 4.78 is 59.5. The fourth-order valence-corrected chi connectivity index (χ4v) is 3.65. The van der Waals surface area contributed by atoms with E-state index in [2.05, 4.69) is 10.3 Å². The van der Waals surface area contributed by atoms with Crippen LogP contribution in [0.15, 0.2) is 24.4 Å². The van der Waals surface area contributed by atoms with Gasteiger partial charge >= 0.3 is 12.1 Å². The minimum atomic E-state index is -4.47. The first-order valence-electron chi connectivity index (χ1n) is 11.6. The normalized spacial score (nSPS) is 23.6. The van der Waals surface area contributed by atoms with Crippen molar-refractivity contribution >= 4 is 11.9 Å². The summed E-state index contributed by atoms with van der Waals surface area (Å²) in [6.07, 6.45) is -3.49. The van der Waals surface area contributed by atoms with Gasteiger partial charge in [0.2, 0.25) is 0 Å². The number of allylic oxidation sites excluding steroid dienone is 1. The van der Waals surface area contributed by atoms with E-state index in [-0.39, 0.29) is 36.5 Å². The number of hydrogen-bond acceptors (Lipinski definition) is 8. The number of pyridine rings is 1. The van der Waals surface area contributed by atoms with Gasteiger partial charge in [0.1, 0.15) is 18.2 Å². The SMILES string of the molecule is COc1ccnc(C(=O)N[C@H]2CCC[C@H](OCC(C)C)[C@@H](OC/C=C/C(F)(F)F)[C@H](C)OC2=O)c1O. The molecule has 9 nitrogen and oxygen atoms in total. The molecule has 202 valence electrons. The van der Waals surface area contributed by atoms with Crippen LogP contribution in [-0.4, -0.2) is 72.8 Å². The maximum atomic E-state index is 12.9. The molecule has 0 aromatic carbocycles. The van der Waals surface area contributed by atoms with Gasteiger partial charge in [0.15, 0.2) is 17.2 Å². The number of aromatic hydroxyl groups is 1. The Bertz CT molecular complexity index is 908. The molecule has 2 N–H and O–H groups in total. The van der Waals surface area contributed by atoms with Gasteiger partial charge in [0.05, 0.1) is 19.8 Å². The number of hydrogen-bond donors (Lipinski definition) is 2. The molecule has 1 saturated heterocycles. The largest absolute Gasteiger partial charge is 0.503 e. The number of nitrogens with zero attached hydrogens (tertiary/aromatic N) is 1. The van der Waals surface area contributed by atoms with Crippen molar-refractivity contribution in [3.63, 3.8) is 0 Å². The Kier molecular flexibility index (Phi) is 11.0. The first-order valence-corrected chi connectivity index (χ1v) is 11.6. The van der Waals surface area contributed by atoms with Crippen LogP contribution in [0.1, 0.15) is 50.5 Å². The molecule has 1 fully saturated rings. The number of esters is 1. The summed E-state index contributed by atoms with van der Waals surface area (Å²) in [6.45, 7) is 5.49. The van der Waals surface area contributed by atoms with Crippen LogP contribution in [0, 0.1) is 5.92 Å². The van der Waals surface area contributed by atoms with Gasteiger partial charge in [0, 0.05) is 24.9 Å². The highest BCUT2D eigenvalue weighted by molar-refractivity contribution is 5.97. The van der Waals surface area contributed by atoms with Crippen LogP contribution in [-0.2, 0) is 19.0 Å². The molecule has 0 radical (unpaired) electrons. The predicted octanol–water partition coefficient (Wildman–Crippen LogP) is 3.55. The van der Waals surface area contributed by atoms with E-state index in [4.69, 9.17) is 18.9 Å². The van der Waals surface area contributed by atoms with Crippen molar-refractivity contribution in [3.05, 3.63) is 30.1 Å². The highest BCUT2D eigenvalue weighted by Crippen LogP contribution is 2.28. The number of methoxy groups -OCH3 is 1. The first kappa shape index (κ1) is 29.4. The van der Waals surface area contributed by atoms with Crippen LogP contribution in [0.2, 0.25) is 0 Å². The number of halogens is 3. The minimum Gasteiger partial charge on any atom is -0.503 e. The number of alkyl halides is 3. The van der Waals surface area contributed by atoms with Crippen molar-refractivity contribution in [1.82, 2.24) is 10.3 Å². The average molecular weight is 519 g/mol. The molecule has 1 aliphatic heterocycles. The standard InChI is InChI=1S/C24H33F3N2O7/c1-14(2)13-35-18-8-5-7-16(29-22(31)19-20(30)17(33-4)9-11-28-19)23(32)36-15(3)21(18)34-12-6-10-24(25,26)27/h6,9-11,14-16,18,21,30H,5,7-8,12-13H2,1-4H3,(H,29,31)/b10-6+/t15-,16-,18-,21-/m0/s1. The molecule has 0 unspecified atom stereocenters. The van der Waals surface area contributed by atoms with E-state index in [1.807, 2.05) is 13.8 Å². The lowest BCUT2D eigenvalue weighted by molar-refractivity contribution is -0.167. The molecule has 2 rings (SSSR count). The second-order valence-electron chi connectivity index (χ2n) is 8.82. The number of ether oxygens (including phenoxy) is 4. The van der Waals surface area contributed by atoms with Gasteiger partial charge in [-0.05, 0) is 32.1 Å². The molecule has 2 heterocycles. The molecular formula is C24H33F3N2O7. The van der Waals surface area contributed by atoms with E-state index in [9.17, 15) is 27.9 Å². The molecular weight excluding hydrogens is 485 g/mol. The lowest BCUT2D eigenvalue weighted by Gasteiger charge is -2.31. The van der Waals surface area contributed by atoms with Crippen LogP contribution in [0.3, 0.4) is 0 Å². The molecule has 0 spiro atoms. The van der Waals surface area contributed by atoms with E-state index in [1.165, 1.54) is 19.4 Å². The van der Waals surface area contributed by atoms with Gasteiger partial charge in [0.25, 0.3) is 5.91 Å². The second-order valence-corrected chi connectivity index (χ2v) is 8.82. The molecule has 0 bridgehead atoms. The Morgan fingerprint density at radius 2 is 2.06 bits per heavy atom. The maximum Gasteiger partial charge on any atom is 0.409 e. The van der Waals surface area contributed by atoms with E-state index < -0.39 is 48.2 Å². The van der Waals surface area contributed by atoms with Gasteiger partial charge in [-0.1, -0.05) is 19.9 Å². The Morgan fingerprint density at radius 3 is 2.69 bits per heavy atom. The molecule has 0 saturated carbocycles. The molecule has 1 aromatic heterocycles. The monoisotopic (exact) mass is 518 g/mol. The quantitative estimate of drug-likeness (QED) is 0.377. The van der Waals surface area contributed by atoms with Crippen molar-refractivity contribution < 1.29 is 46.8 Å².